The number of hydrogen-bond acceptors (Lipinski definition) is 5. The topological polar surface area (TPSA) is 65.1 Å². The van der Waals surface area contributed by atoms with Gasteiger partial charge in [-0.3, -0.25) is 0 Å². The van der Waals surface area contributed by atoms with E-state index in [4.69, 9.17) is 9.78 Å². The van der Waals surface area contributed by atoms with Crippen molar-refractivity contribution in [2.45, 2.75) is 39.3 Å². The van der Waals surface area contributed by atoms with Gasteiger partial charge in [0, 0.05) is 31.2 Å². The molecule has 1 aromatic carbocycles. The number of nitrogens with zero attached hydrogens (tertiary/aromatic N) is 3. The summed E-state index contributed by atoms with van der Waals surface area (Å²) in [6, 6.07) is 6.91. The van der Waals surface area contributed by atoms with Crippen molar-refractivity contribution in [3.8, 4) is 6.07 Å². The molecule has 0 aliphatic carbocycles. The van der Waals surface area contributed by atoms with Crippen molar-refractivity contribution in [1.82, 2.24) is 10.5 Å². The Kier molecular flexibility index (Phi) is 4.81. The van der Waals surface area contributed by atoms with Crippen molar-refractivity contribution in [1.29, 1.82) is 5.26 Å². The molecular formula is C18H21FN4O. The average molecular weight is 328 g/mol. The zero-order valence-electron chi connectivity index (χ0n) is 14.0. The maximum Gasteiger partial charge on any atom is 0.147 e. The molecule has 6 heteroatoms. The summed E-state index contributed by atoms with van der Waals surface area (Å²) in [5.41, 5.74) is 2.92. The molecular weight excluding hydrogens is 307 g/mol. The second kappa shape index (κ2) is 7.02. The van der Waals surface area contributed by atoms with Crippen LogP contribution in [-0.2, 0) is 6.54 Å². The summed E-state index contributed by atoms with van der Waals surface area (Å²) in [7, 11) is 0. The summed E-state index contributed by atoms with van der Waals surface area (Å²) >= 11 is 0. The van der Waals surface area contributed by atoms with Crippen LogP contribution in [0.5, 0.6) is 0 Å². The van der Waals surface area contributed by atoms with Gasteiger partial charge in [-0.25, -0.2) is 4.39 Å². The van der Waals surface area contributed by atoms with E-state index in [9.17, 15) is 4.39 Å². The van der Waals surface area contributed by atoms with Gasteiger partial charge in [0.2, 0.25) is 0 Å². The monoisotopic (exact) mass is 328 g/mol. The second-order valence-electron chi connectivity index (χ2n) is 6.25. The van der Waals surface area contributed by atoms with Crippen LogP contribution < -0.4 is 10.2 Å². The number of piperidine rings is 1. The molecule has 126 valence electrons. The number of halogens is 1. The first kappa shape index (κ1) is 16.5. The van der Waals surface area contributed by atoms with E-state index in [1.54, 1.807) is 12.1 Å². The molecule has 1 aliphatic heterocycles. The molecule has 3 rings (SSSR count). The van der Waals surface area contributed by atoms with E-state index in [1.165, 1.54) is 6.07 Å². The summed E-state index contributed by atoms with van der Waals surface area (Å²) in [6.45, 7) is 6.12. The van der Waals surface area contributed by atoms with E-state index >= 15 is 0 Å². The van der Waals surface area contributed by atoms with Crippen molar-refractivity contribution in [2.24, 2.45) is 0 Å². The van der Waals surface area contributed by atoms with Crippen LogP contribution >= 0.6 is 0 Å². The molecule has 1 atom stereocenters. The molecule has 2 aromatic rings. The van der Waals surface area contributed by atoms with Crippen LogP contribution in [0, 0.1) is 31.0 Å². The predicted molar refractivity (Wildman–Crippen MR) is 89.2 cm³/mol. The van der Waals surface area contributed by atoms with Crippen molar-refractivity contribution in [3.63, 3.8) is 0 Å². The third-order valence-electron chi connectivity index (χ3n) is 4.59. The molecule has 1 N–H and O–H groups in total. The molecule has 0 radical (unpaired) electrons. The summed E-state index contributed by atoms with van der Waals surface area (Å²) in [5, 5.41) is 16.4. The highest BCUT2D eigenvalue weighted by atomic mass is 19.1. The van der Waals surface area contributed by atoms with Crippen LogP contribution in [0.2, 0.25) is 0 Å². The largest absolute Gasteiger partial charge is 0.368 e. The Bertz CT molecular complexity index is 745. The number of nitrogens with one attached hydrogen (secondary N) is 1. The summed E-state index contributed by atoms with van der Waals surface area (Å²) in [6.07, 6.45) is 2.05. The molecule has 0 amide bonds. The van der Waals surface area contributed by atoms with Crippen LogP contribution in [0.25, 0.3) is 0 Å². The Labute approximate surface area is 141 Å². The SMILES string of the molecule is Cc1noc(C)c1CN[C@@H]1CCCN(c2ccc(C#N)cc2F)C1. The lowest BCUT2D eigenvalue weighted by Crippen LogP contribution is -2.45. The molecule has 5 nitrogen and oxygen atoms in total. The van der Waals surface area contributed by atoms with Crippen molar-refractivity contribution in [2.75, 3.05) is 18.0 Å². The van der Waals surface area contributed by atoms with Gasteiger partial charge in [-0.15, -0.1) is 0 Å². The van der Waals surface area contributed by atoms with E-state index in [1.807, 2.05) is 24.8 Å². The molecule has 1 aromatic heterocycles. The van der Waals surface area contributed by atoms with Crippen LogP contribution in [0.15, 0.2) is 22.7 Å². The Morgan fingerprint density at radius 1 is 1.46 bits per heavy atom. The van der Waals surface area contributed by atoms with E-state index in [0.29, 0.717) is 17.8 Å². The Hall–Kier alpha value is -2.39. The number of benzene rings is 1. The van der Waals surface area contributed by atoms with E-state index in [-0.39, 0.29) is 11.9 Å². The third kappa shape index (κ3) is 3.41. The minimum absolute atomic E-state index is 0.280. The van der Waals surface area contributed by atoms with Crippen LogP contribution in [0.4, 0.5) is 10.1 Å². The van der Waals surface area contributed by atoms with Gasteiger partial charge in [0.15, 0.2) is 0 Å². The van der Waals surface area contributed by atoms with Crippen molar-refractivity contribution < 1.29 is 8.91 Å². The normalized spacial score (nSPS) is 17.8. The van der Waals surface area contributed by atoms with E-state index in [2.05, 4.69) is 10.5 Å². The summed E-state index contributed by atoms with van der Waals surface area (Å²) in [4.78, 5) is 2.05. The van der Waals surface area contributed by atoms with Gasteiger partial charge in [0.1, 0.15) is 11.6 Å². The van der Waals surface area contributed by atoms with Crippen molar-refractivity contribution >= 4 is 5.69 Å². The van der Waals surface area contributed by atoms with E-state index < -0.39 is 0 Å². The lowest BCUT2D eigenvalue weighted by Gasteiger charge is -2.35. The maximum atomic E-state index is 14.2. The molecule has 0 spiro atoms. The molecule has 24 heavy (non-hydrogen) atoms. The Morgan fingerprint density at radius 2 is 2.29 bits per heavy atom. The first-order valence-electron chi connectivity index (χ1n) is 8.18. The third-order valence-corrected chi connectivity index (χ3v) is 4.59. The zero-order valence-corrected chi connectivity index (χ0v) is 14.0. The summed E-state index contributed by atoms with van der Waals surface area (Å²) in [5.74, 6) is 0.506. The molecule has 1 fully saturated rings. The van der Waals surface area contributed by atoms with Crippen molar-refractivity contribution in [3.05, 3.63) is 46.6 Å². The zero-order chi connectivity index (χ0) is 17.1. The molecule has 0 bridgehead atoms. The van der Waals surface area contributed by atoms with Gasteiger partial charge in [-0.05, 0) is 44.9 Å². The number of anilines is 1. The lowest BCUT2D eigenvalue weighted by atomic mass is 10.0. The first-order chi connectivity index (χ1) is 11.6. The number of aryl methyl sites for hydroxylation is 2. The molecule has 0 saturated carbocycles. The lowest BCUT2D eigenvalue weighted by molar-refractivity contribution is 0.389. The van der Waals surface area contributed by atoms with Gasteiger partial charge < -0.3 is 14.7 Å². The fraction of sp³-hybridized carbons (Fsp3) is 0.444. The number of aromatic nitrogens is 1. The van der Waals surface area contributed by atoms with Gasteiger partial charge in [0.25, 0.3) is 0 Å². The van der Waals surface area contributed by atoms with Gasteiger partial charge >= 0.3 is 0 Å². The minimum atomic E-state index is -0.333. The first-order valence-corrected chi connectivity index (χ1v) is 8.18. The maximum absolute atomic E-state index is 14.2. The molecule has 0 unspecified atom stereocenters. The van der Waals surface area contributed by atoms with Gasteiger partial charge in [0.05, 0.1) is 23.0 Å². The van der Waals surface area contributed by atoms with Gasteiger partial charge in [-0.1, -0.05) is 5.16 Å². The average Bonchev–Trinajstić information content (AvgIpc) is 2.91. The van der Waals surface area contributed by atoms with Crippen LogP contribution in [0.1, 0.15) is 35.4 Å². The highest BCUT2D eigenvalue weighted by Crippen LogP contribution is 2.24. The van der Waals surface area contributed by atoms with E-state index in [0.717, 1.165) is 42.9 Å². The quantitative estimate of drug-likeness (QED) is 0.934. The molecule has 1 saturated heterocycles. The standard InChI is InChI=1S/C18H21FN4O/c1-12-16(13(2)24-22-12)10-21-15-4-3-7-23(11-15)18-6-5-14(9-20)8-17(18)19/h5-6,8,15,21H,3-4,7,10-11H2,1-2H3/t15-/m1/s1. The molecule has 2 heterocycles. The minimum Gasteiger partial charge on any atom is -0.368 e. The van der Waals surface area contributed by atoms with Crippen LogP contribution in [-0.4, -0.2) is 24.3 Å². The van der Waals surface area contributed by atoms with Gasteiger partial charge in [-0.2, -0.15) is 5.26 Å². The molecule has 1 aliphatic rings. The predicted octanol–water partition coefficient (Wildman–Crippen LogP) is 3.06. The fourth-order valence-electron chi connectivity index (χ4n) is 3.20. The number of hydrogen-bond donors (Lipinski definition) is 1. The Balaban J connectivity index is 1.65. The smallest absolute Gasteiger partial charge is 0.147 e. The highest BCUT2D eigenvalue weighted by molar-refractivity contribution is 5.51. The second-order valence-corrected chi connectivity index (χ2v) is 6.25. The summed E-state index contributed by atoms with van der Waals surface area (Å²) < 4.78 is 19.4. The number of nitriles is 1. The fourth-order valence-corrected chi connectivity index (χ4v) is 3.20. The van der Waals surface area contributed by atoms with Crippen LogP contribution in [0.3, 0.4) is 0 Å². The Morgan fingerprint density at radius 3 is 2.96 bits per heavy atom. The number of rotatable bonds is 4. The highest BCUT2D eigenvalue weighted by Gasteiger charge is 2.22.